The van der Waals surface area contributed by atoms with Crippen molar-refractivity contribution in [2.75, 3.05) is 26.8 Å². The topological polar surface area (TPSA) is 63.0 Å². The van der Waals surface area contributed by atoms with Gasteiger partial charge in [0.2, 0.25) is 5.91 Å². The minimum absolute atomic E-state index is 0.112. The van der Waals surface area contributed by atoms with Gasteiger partial charge in [0.05, 0.1) is 25.0 Å². The molecule has 8 heteroatoms. The van der Waals surface area contributed by atoms with E-state index >= 15 is 0 Å². The van der Waals surface area contributed by atoms with Crippen molar-refractivity contribution >= 4 is 11.8 Å². The Labute approximate surface area is 185 Å². The number of nitrogens with zero attached hydrogens (tertiary/aromatic N) is 2. The molecule has 0 spiro atoms. The Morgan fingerprint density at radius 1 is 0.938 bits per heavy atom. The molecule has 0 radical (unpaired) electrons. The van der Waals surface area contributed by atoms with E-state index in [1.54, 1.807) is 30.3 Å². The van der Waals surface area contributed by atoms with Crippen molar-refractivity contribution in [3.05, 3.63) is 95.4 Å². The van der Waals surface area contributed by atoms with Crippen molar-refractivity contribution in [2.24, 2.45) is 0 Å². The fourth-order valence-corrected chi connectivity index (χ4v) is 3.16. The van der Waals surface area contributed by atoms with Crippen LogP contribution >= 0.6 is 0 Å². The predicted molar refractivity (Wildman–Crippen MR) is 114 cm³/mol. The molecular formula is C24H24F2N2O4. The number of carbonyl (C=O) groups excluding carboxylic acids is 2. The van der Waals surface area contributed by atoms with E-state index < -0.39 is 11.7 Å². The third-order valence-electron chi connectivity index (χ3n) is 4.85. The standard InChI is InChI=1S/C24H24F2N2O4/c1-31-14-12-27(24(30)21-6-2-3-7-22(21)26)17-23(29)28(16-20-5-4-13-32-20)15-18-8-10-19(25)11-9-18/h2-11,13H,12,14-17H2,1H3. The van der Waals surface area contributed by atoms with Gasteiger partial charge in [-0.1, -0.05) is 24.3 Å². The molecule has 168 valence electrons. The van der Waals surface area contributed by atoms with Gasteiger partial charge >= 0.3 is 0 Å². The van der Waals surface area contributed by atoms with Gasteiger partial charge in [0, 0.05) is 20.2 Å². The van der Waals surface area contributed by atoms with E-state index in [2.05, 4.69) is 0 Å². The Hall–Kier alpha value is -3.52. The minimum Gasteiger partial charge on any atom is -0.467 e. The average molecular weight is 442 g/mol. The molecule has 0 saturated heterocycles. The molecule has 0 N–H and O–H groups in total. The second-order valence-electron chi connectivity index (χ2n) is 7.15. The molecule has 3 aromatic rings. The number of carbonyl (C=O) groups is 2. The molecule has 0 unspecified atom stereocenters. The van der Waals surface area contributed by atoms with Crippen LogP contribution in [0.4, 0.5) is 8.78 Å². The fourth-order valence-electron chi connectivity index (χ4n) is 3.16. The fraction of sp³-hybridized carbons (Fsp3) is 0.250. The smallest absolute Gasteiger partial charge is 0.257 e. The Morgan fingerprint density at radius 3 is 2.34 bits per heavy atom. The zero-order chi connectivity index (χ0) is 22.9. The predicted octanol–water partition coefficient (Wildman–Crippen LogP) is 3.88. The van der Waals surface area contributed by atoms with Crippen molar-refractivity contribution < 1.29 is 27.5 Å². The summed E-state index contributed by atoms with van der Waals surface area (Å²) in [5.41, 5.74) is 0.600. The lowest BCUT2D eigenvalue weighted by Gasteiger charge is -2.27. The van der Waals surface area contributed by atoms with Crippen LogP contribution in [0.2, 0.25) is 0 Å². The third-order valence-corrected chi connectivity index (χ3v) is 4.85. The number of rotatable bonds is 10. The summed E-state index contributed by atoms with van der Waals surface area (Å²) in [6, 6.07) is 14.9. The van der Waals surface area contributed by atoms with Crippen LogP contribution in [-0.2, 0) is 22.6 Å². The van der Waals surface area contributed by atoms with Crippen LogP contribution in [0.15, 0.2) is 71.3 Å². The Bertz CT molecular complexity index is 1020. The molecule has 0 fully saturated rings. The largest absolute Gasteiger partial charge is 0.467 e. The Morgan fingerprint density at radius 2 is 1.69 bits per heavy atom. The number of benzene rings is 2. The van der Waals surface area contributed by atoms with Crippen LogP contribution in [0.5, 0.6) is 0 Å². The molecule has 2 aromatic carbocycles. The molecule has 0 aliphatic rings. The molecule has 0 bridgehead atoms. The summed E-state index contributed by atoms with van der Waals surface area (Å²) < 4.78 is 37.9. The molecule has 0 aliphatic heterocycles. The van der Waals surface area contributed by atoms with Crippen molar-refractivity contribution in [1.82, 2.24) is 9.80 Å². The molecule has 2 amide bonds. The molecule has 0 atom stereocenters. The zero-order valence-corrected chi connectivity index (χ0v) is 17.7. The van der Waals surface area contributed by atoms with E-state index in [-0.39, 0.29) is 50.1 Å². The van der Waals surface area contributed by atoms with Crippen LogP contribution in [0, 0.1) is 11.6 Å². The highest BCUT2D eigenvalue weighted by Crippen LogP contribution is 2.14. The van der Waals surface area contributed by atoms with Crippen molar-refractivity contribution in [3.63, 3.8) is 0 Å². The maximum Gasteiger partial charge on any atom is 0.257 e. The van der Waals surface area contributed by atoms with E-state index in [1.807, 2.05) is 0 Å². The summed E-state index contributed by atoms with van der Waals surface area (Å²) in [5.74, 6) is -1.45. The van der Waals surface area contributed by atoms with Gasteiger partial charge in [-0.05, 0) is 42.0 Å². The normalized spacial score (nSPS) is 10.7. The quantitative estimate of drug-likeness (QED) is 0.478. The van der Waals surface area contributed by atoms with Crippen molar-refractivity contribution in [3.8, 4) is 0 Å². The first kappa shape index (κ1) is 23.1. The van der Waals surface area contributed by atoms with Crippen LogP contribution in [0.1, 0.15) is 21.7 Å². The summed E-state index contributed by atoms with van der Waals surface area (Å²) in [7, 11) is 1.48. The molecule has 1 aromatic heterocycles. The summed E-state index contributed by atoms with van der Waals surface area (Å²) in [5, 5.41) is 0. The molecule has 1 heterocycles. The number of halogens is 2. The lowest BCUT2D eigenvalue weighted by Crippen LogP contribution is -2.44. The van der Waals surface area contributed by atoms with E-state index in [0.717, 1.165) is 5.56 Å². The lowest BCUT2D eigenvalue weighted by atomic mass is 10.1. The number of amides is 2. The van der Waals surface area contributed by atoms with Gasteiger partial charge < -0.3 is 19.0 Å². The molecular weight excluding hydrogens is 418 g/mol. The van der Waals surface area contributed by atoms with E-state index in [1.165, 1.54) is 53.5 Å². The number of methoxy groups -OCH3 is 1. The number of ether oxygens (including phenoxy) is 1. The maximum absolute atomic E-state index is 14.2. The molecule has 3 rings (SSSR count). The summed E-state index contributed by atoms with van der Waals surface area (Å²) in [6.07, 6.45) is 1.50. The Balaban J connectivity index is 1.80. The molecule has 6 nitrogen and oxygen atoms in total. The first-order chi connectivity index (χ1) is 15.5. The second kappa shape index (κ2) is 11.2. The monoisotopic (exact) mass is 442 g/mol. The molecule has 32 heavy (non-hydrogen) atoms. The minimum atomic E-state index is -0.661. The van der Waals surface area contributed by atoms with Gasteiger partial charge in [-0.15, -0.1) is 0 Å². The van der Waals surface area contributed by atoms with E-state index in [0.29, 0.717) is 5.76 Å². The van der Waals surface area contributed by atoms with Crippen LogP contribution in [0.3, 0.4) is 0 Å². The average Bonchev–Trinajstić information content (AvgIpc) is 3.30. The van der Waals surface area contributed by atoms with Crippen molar-refractivity contribution in [1.29, 1.82) is 0 Å². The molecule has 0 aliphatic carbocycles. The molecule has 0 saturated carbocycles. The highest BCUT2D eigenvalue weighted by atomic mass is 19.1. The second-order valence-corrected chi connectivity index (χ2v) is 7.15. The van der Waals surface area contributed by atoms with Gasteiger partial charge in [0.25, 0.3) is 5.91 Å². The van der Waals surface area contributed by atoms with Crippen LogP contribution < -0.4 is 0 Å². The maximum atomic E-state index is 14.2. The summed E-state index contributed by atoms with van der Waals surface area (Å²) >= 11 is 0. The summed E-state index contributed by atoms with van der Waals surface area (Å²) in [4.78, 5) is 28.9. The SMILES string of the molecule is COCCN(CC(=O)N(Cc1ccc(F)cc1)Cc1ccco1)C(=O)c1ccccc1F. The van der Waals surface area contributed by atoms with Gasteiger partial charge in [0.1, 0.15) is 23.9 Å². The highest BCUT2D eigenvalue weighted by molar-refractivity contribution is 5.96. The zero-order valence-electron chi connectivity index (χ0n) is 17.7. The van der Waals surface area contributed by atoms with Gasteiger partial charge in [-0.2, -0.15) is 0 Å². The number of hydrogen-bond donors (Lipinski definition) is 0. The number of hydrogen-bond acceptors (Lipinski definition) is 4. The van der Waals surface area contributed by atoms with Crippen molar-refractivity contribution in [2.45, 2.75) is 13.1 Å². The van der Waals surface area contributed by atoms with E-state index in [9.17, 15) is 18.4 Å². The van der Waals surface area contributed by atoms with Gasteiger partial charge in [0.15, 0.2) is 0 Å². The lowest BCUT2D eigenvalue weighted by molar-refractivity contribution is -0.133. The summed E-state index contributed by atoms with van der Waals surface area (Å²) in [6.45, 7) is 0.365. The Kier molecular flexibility index (Phi) is 8.10. The third kappa shape index (κ3) is 6.24. The first-order valence-corrected chi connectivity index (χ1v) is 10.0. The highest BCUT2D eigenvalue weighted by Gasteiger charge is 2.24. The number of furan rings is 1. The van der Waals surface area contributed by atoms with Gasteiger partial charge in [-0.25, -0.2) is 8.78 Å². The van der Waals surface area contributed by atoms with E-state index in [4.69, 9.17) is 9.15 Å². The van der Waals surface area contributed by atoms with Crippen LogP contribution in [0.25, 0.3) is 0 Å². The first-order valence-electron chi connectivity index (χ1n) is 10.0. The van der Waals surface area contributed by atoms with Crippen LogP contribution in [-0.4, -0.2) is 48.4 Å². The van der Waals surface area contributed by atoms with Gasteiger partial charge in [-0.3, -0.25) is 9.59 Å².